The van der Waals surface area contributed by atoms with E-state index in [0.29, 0.717) is 22.9 Å². The monoisotopic (exact) mass is 334 g/mol. The normalized spacial score (nSPS) is 21.7. The molecule has 122 valence electrons. The number of pyridine rings is 1. The molecule has 2 aromatic rings. The van der Waals surface area contributed by atoms with E-state index in [0.717, 1.165) is 5.75 Å². The van der Waals surface area contributed by atoms with Crippen molar-refractivity contribution in [2.45, 2.75) is 32.1 Å². The van der Waals surface area contributed by atoms with E-state index in [1.54, 1.807) is 11.8 Å². The minimum atomic E-state index is -0.471. The van der Waals surface area contributed by atoms with Crippen LogP contribution in [0.2, 0.25) is 0 Å². The molecule has 2 heterocycles. The highest BCUT2D eigenvalue weighted by Crippen LogP contribution is 2.25. The van der Waals surface area contributed by atoms with Gasteiger partial charge in [-0.2, -0.15) is 11.8 Å². The van der Waals surface area contributed by atoms with E-state index in [2.05, 4.69) is 11.9 Å². The number of aryl methyl sites for hydroxylation is 1. The summed E-state index contributed by atoms with van der Waals surface area (Å²) in [5.74, 6) is 0.104. The molecule has 1 saturated heterocycles. The van der Waals surface area contributed by atoms with Gasteiger partial charge in [0, 0.05) is 35.2 Å². The molecule has 3 rings (SSSR count). The van der Waals surface area contributed by atoms with Crippen molar-refractivity contribution in [3.63, 3.8) is 0 Å². The van der Waals surface area contributed by atoms with Crippen molar-refractivity contribution >= 4 is 28.6 Å². The molecule has 2 atom stereocenters. The number of thioether (sulfide) groups is 1. The van der Waals surface area contributed by atoms with Crippen molar-refractivity contribution in [1.82, 2.24) is 9.88 Å². The fraction of sp³-hybridized carbons (Fsp3) is 0.412. The molecule has 1 amide bonds. The number of aromatic amines is 1. The highest BCUT2D eigenvalue weighted by atomic mass is 32.2. The lowest BCUT2D eigenvalue weighted by atomic mass is 10.1. The highest BCUT2D eigenvalue weighted by Gasteiger charge is 2.30. The van der Waals surface area contributed by atoms with Crippen LogP contribution in [-0.4, -0.2) is 39.4 Å². The Kier molecular flexibility index (Phi) is 4.19. The molecule has 1 aliphatic rings. The summed E-state index contributed by atoms with van der Waals surface area (Å²) in [6, 6.07) is 2.62. The molecule has 0 bridgehead atoms. The highest BCUT2D eigenvalue weighted by molar-refractivity contribution is 8.00. The lowest BCUT2D eigenvalue weighted by molar-refractivity contribution is 0.0696. The SMILES string of the molecule is Cc1cc(F)cc2c(=O)c(C(=O)N3CCS[C@@H](C)[C@@H]3C)c[nH]c12. The first-order chi connectivity index (χ1) is 10.9. The van der Waals surface area contributed by atoms with Gasteiger partial charge in [-0.25, -0.2) is 4.39 Å². The van der Waals surface area contributed by atoms with E-state index in [1.807, 2.05) is 18.7 Å². The number of amides is 1. The number of nitrogens with one attached hydrogen (secondary N) is 1. The summed E-state index contributed by atoms with van der Waals surface area (Å²) in [6.07, 6.45) is 1.46. The summed E-state index contributed by atoms with van der Waals surface area (Å²) in [6.45, 7) is 6.43. The predicted octanol–water partition coefficient (Wildman–Crippen LogP) is 2.94. The van der Waals surface area contributed by atoms with E-state index in [-0.39, 0.29) is 22.9 Å². The van der Waals surface area contributed by atoms with Gasteiger partial charge in [0.25, 0.3) is 5.91 Å². The molecular weight excluding hydrogens is 315 g/mol. The molecule has 0 radical (unpaired) electrons. The van der Waals surface area contributed by atoms with Crippen LogP contribution in [0.5, 0.6) is 0 Å². The number of fused-ring (bicyclic) bond motifs is 1. The fourth-order valence-corrected chi connectivity index (χ4v) is 4.10. The standard InChI is InChI=1S/C17H19FN2O2S/c1-9-6-12(18)7-13-15(9)19-8-14(16(13)21)17(22)20-4-5-23-11(3)10(20)2/h6-8,10-11H,4-5H2,1-3H3,(H,19,21)/t10-,11-/m0/s1. The molecule has 0 saturated carbocycles. The topological polar surface area (TPSA) is 53.2 Å². The van der Waals surface area contributed by atoms with Crippen molar-refractivity contribution in [3.05, 3.63) is 45.5 Å². The van der Waals surface area contributed by atoms with Crippen molar-refractivity contribution in [2.24, 2.45) is 0 Å². The fourth-order valence-electron chi connectivity index (χ4n) is 3.00. The maximum absolute atomic E-state index is 13.6. The third-order valence-corrected chi connectivity index (χ3v) is 5.86. The minimum absolute atomic E-state index is 0.0607. The van der Waals surface area contributed by atoms with E-state index in [1.165, 1.54) is 18.3 Å². The van der Waals surface area contributed by atoms with Crippen LogP contribution in [0, 0.1) is 12.7 Å². The van der Waals surface area contributed by atoms with Gasteiger partial charge in [0.15, 0.2) is 0 Å². The minimum Gasteiger partial charge on any atom is -0.360 e. The van der Waals surface area contributed by atoms with E-state index < -0.39 is 11.2 Å². The molecule has 6 heteroatoms. The Labute approximate surface area is 138 Å². The number of halogens is 1. The first kappa shape index (κ1) is 16.1. The average molecular weight is 334 g/mol. The summed E-state index contributed by atoms with van der Waals surface area (Å²) in [5, 5.41) is 0.548. The molecule has 4 nitrogen and oxygen atoms in total. The number of hydrogen-bond acceptors (Lipinski definition) is 3. The largest absolute Gasteiger partial charge is 0.360 e. The number of hydrogen-bond donors (Lipinski definition) is 1. The first-order valence-electron chi connectivity index (χ1n) is 7.64. The van der Waals surface area contributed by atoms with E-state index >= 15 is 0 Å². The zero-order chi connectivity index (χ0) is 16.7. The first-order valence-corrected chi connectivity index (χ1v) is 8.69. The van der Waals surface area contributed by atoms with Gasteiger partial charge in [-0.05, 0) is 31.5 Å². The second-order valence-corrected chi connectivity index (χ2v) is 7.48. The number of H-pyrrole nitrogens is 1. The second-order valence-electron chi connectivity index (χ2n) is 5.99. The smallest absolute Gasteiger partial charge is 0.259 e. The van der Waals surface area contributed by atoms with Crippen LogP contribution in [0.15, 0.2) is 23.1 Å². The number of carbonyl (C=O) groups is 1. The van der Waals surface area contributed by atoms with E-state index in [9.17, 15) is 14.0 Å². The van der Waals surface area contributed by atoms with Crippen molar-refractivity contribution in [1.29, 1.82) is 0 Å². The van der Waals surface area contributed by atoms with Gasteiger partial charge >= 0.3 is 0 Å². The van der Waals surface area contributed by atoms with Crippen LogP contribution < -0.4 is 5.43 Å². The Hall–Kier alpha value is -1.82. The third-order valence-electron chi connectivity index (χ3n) is 4.53. The van der Waals surface area contributed by atoms with Gasteiger partial charge in [-0.3, -0.25) is 9.59 Å². The molecule has 0 aliphatic carbocycles. The van der Waals surface area contributed by atoms with Crippen molar-refractivity contribution in [2.75, 3.05) is 12.3 Å². The summed E-state index contributed by atoms with van der Waals surface area (Å²) < 4.78 is 13.6. The summed E-state index contributed by atoms with van der Waals surface area (Å²) in [7, 11) is 0. The Balaban J connectivity index is 2.08. The molecule has 1 aromatic heterocycles. The molecule has 1 fully saturated rings. The molecule has 1 aromatic carbocycles. The second kappa shape index (κ2) is 6.00. The maximum Gasteiger partial charge on any atom is 0.259 e. The van der Waals surface area contributed by atoms with Crippen LogP contribution in [0.4, 0.5) is 4.39 Å². The number of benzene rings is 1. The van der Waals surface area contributed by atoms with Crippen LogP contribution in [0.3, 0.4) is 0 Å². The number of carbonyl (C=O) groups excluding carboxylic acids is 1. The van der Waals surface area contributed by atoms with Crippen LogP contribution >= 0.6 is 11.8 Å². The number of rotatable bonds is 1. The Bertz CT molecular complexity index is 833. The van der Waals surface area contributed by atoms with Crippen LogP contribution in [-0.2, 0) is 0 Å². The van der Waals surface area contributed by atoms with Crippen LogP contribution in [0.1, 0.15) is 29.8 Å². The number of aromatic nitrogens is 1. The van der Waals surface area contributed by atoms with Gasteiger partial charge < -0.3 is 9.88 Å². The van der Waals surface area contributed by atoms with Gasteiger partial charge in [0.1, 0.15) is 11.4 Å². The zero-order valence-electron chi connectivity index (χ0n) is 13.4. The van der Waals surface area contributed by atoms with Crippen molar-refractivity contribution in [3.8, 4) is 0 Å². The Morgan fingerprint density at radius 2 is 2.13 bits per heavy atom. The maximum atomic E-state index is 13.6. The molecule has 1 N–H and O–H groups in total. The lowest BCUT2D eigenvalue weighted by Crippen LogP contribution is -2.49. The van der Waals surface area contributed by atoms with Crippen molar-refractivity contribution < 1.29 is 9.18 Å². The summed E-state index contributed by atoms with van der Waals surface area (Å²) in [4.78, 5) is 30.2. The van der Waals surface area contributed by atoms with Gasteiger partial charge in [-0.1, -0.05) is 6.92 Å². The molecule has 1 aliphatic heterocycles. The predicted molar refractivity (Wildman–Crippen MR) is 91.7 cm³/mol. The third kappa shape index (κ3) is 2.76. The summed E-state index contributed by atoms with van der Waals surface area (Å²) in [5.41, 5.74) is 0.883. The van der Waals surface area contributed by atoms with Crippen LogP contribution in [0.25, 0.3) is 10.9 Å². The number of nitrogens with zero attached hydrogens (tertiary/aromatic N) is 1. The average Bonchev–Trinajstić information content (AvgIpc) is 2.50. The quantitative estimate of drug-likeness (QED) is 0.872. The van der Waals surface area contributed by atoms with Gasteiger partial charge in [0.2, 0.25) is 5.43 Å². The lowest BCUT2D eigenvalue weighted by Gasteiger charge is -2.37. The Morgan fingerprint density at radius 1 is 1.39 bits per heavy atom. The molecular formula is C17H19FN2O2S. The molecule has 0 unspecified atom stereocenters. The summed E-state index contributed by atoms with van der Waals surface area (Å²) >= 11 is 1.82. The molecule has 23 heavy (non-hydrogen) atoms. The Morgan fingerprint density at radius 3 is 2.87 bits per heavy atom. The van der Waals surface area contributed by atoms with Gasteiger partial charge in [-0.15, -0.1) is 0 Å². The van der Waals surface area contributed by atoms with Gasteiger partial charge in [0.05, 0.1) is 5.52 Å². The molecule has 0 spiro atoms. The zero-order valence-corrected chi connectivity index (χ0v) is 14.2. The van der Waals surface area contributed by atoms with E-state index in [4.69, 9.17) is 0 Å².